The number of amides is 6. The maximum Gasteiger partial charge on any atom is 0.324 e. The van der Waals surface area contributed by atoms with Gasteiger partial charge in [0.25, 0.3) is 0 Å². The molecular formula is C13H24N4O4. The van der Waals surface area contributed by atoms with Crippen molar-refractivity contribution in [3.8, 4) is 0 Å². The van der Waals surface area contributed by atoms with E-state index in [1.54, 1.807) is 27.7 Å². The van der Waals surface area contributed by atoms with Gasteiger partial charge in [0, 0.05) is 26.2 Å². The minimum Gasteiger partial charge on any atom is -0.325 e. The van der Waals surface area contributed by atoms with Gasteiger partial charge in [-0.1, -0.05) is 0 Å². The highest BCUT2D eigenvalue weighted by Gasteiger charge is 2.18. The van der Waals surface area contributed by atoms with Crippen molar-refractivity contribution in [3.63, 3.8) is 0 Å². The number of nitrogens with one attached hydrogen (secondary N) is 2. The van der Waals surface area contributed by atoms with Crippen molar-refractivity contribution >= 4 is 23.9 Å². The molecule has 21 heavy (non-hydrogen) atoms. The first-order valence-corrected chi connectivity index (χ1v) is 7.06. The van der Waals surface area contributed by atoms with Crippen LogP contribution < -0.4 is 10.6 Å². The lowest BCUT2D eigenvalue weighted by atomic mass is 10.3. The fourth-order valence-electron chi connectivity index (χ4n) is 1.65. The van der Waals surface area contributed by atoms with Crippen LogP contribution in [0.25, 0.3) is 0 Å². The van der Waals surface area contributed by atoms with E-state index in [-0.39, 0.29) is 0 Å². The van der Waals surface area contributed by atoms with Crippen LogP contribution in [0.5, 0.6) is 0 Å². The van der Waals surface area contributed by atoms with E-state index in [1.807, 2.05) is 0 Å². The van der Waals surface area contributed by atoms with Crippen molar-refractivity contribution in [2.45, 2.75) is 34.1 Å². The third-order valence-corrected chi connectivity index (χ3v) is 2.92. The number of carbonyl (C=O) groups excluding carboxylic acids is 4. The summed E-state index contributed by atoms with van der Waals surface area (Å²) in [5.74, 6) is -1.48. The maximum absolute atomic E-state index is 11.6. The normalized spacial score (nSPS) is 9.71. The fourth-order valence-corrected chi connectivity index (χ4v) is 1.65. The van der Waals surface area contributed by atoms with Crippen molar-refractivity contribution in [1.82, 2.24) is 20.4 Å². The smallest absolute Gasteiger partial charge is 0.324 e. The summed E-state index contributed by atoms with van der Waals surface area (Å²) < 4.78 is 0. The molecule has 0 aromatic rings. The molecule has 6 amide bonds. The Morgan fingerprint density at radius 2 is 0.952 bits per heavy atom. The van der Waals surface area contributed by atoms with E-state index in [1.165, 1.54) is 9.80 Å². The third-order valence-electron chi connectivity index (χ3n) is 2.92. The summed E-state index contributed by atoms with van der Waals surface area (Å²) in [5, 5.41) is 4.21. The van der Waals surface area contributed by atoms with Gasteiger partial charge in [0.05, 0.1) is 0 Å². The van der Waals surface area contributed by atoms with Gasteiger partial charge in [-0.3, -0.25) is 20.2 Å². The highest BCUT2D eigenvalue weighted by Crippen LogP contribution is 1.92. The van der Waals surface area contributed by atoms with E-state index in [9.17, 15) is 19.2 Å². The van der Waals surface area contributed by atoms with Crippen LogP contribution in [0.1, 0.15) is 34.1 Å². The summed E-state index contributed by atoms with van der Waals surface area (Å²) in [5.41, 5.74) is 0. The highest BCUT2D eigenvalue weighted by molar-refractivity contribution is 6.07. The van der Waals surface area contributed by atoms with Gasteiger partial charge in [-0.25, -0.2) is 9.59 Å². The van der Waals surface area contributed by atoms with Crippen LogP contribution in [0, 0.1) is 0 Å². The lowest BCUT2D eigenvalue weighted by Gasteiger charge is -2.19. The molecule has 0 fully saturated rings. The Balaban J connectivity index is 4.30. The highest BCUT2D eigenvalue weighted by atomic mass is 16.2. The average molecular weight is 300 g/mol. The molecule has 0 aliphatic rings. The van der Waals surface area contributed by atoms with Crippen LogP contribution in [0.2, 0.25) is 0 Å². The molecule has 0 spiro atoms. The molecule has 0 aromatic carbocycles. The van der Waals surface area contributed by atoms with E-state index in [0.29, 0.717) is 26.2 Å². The topological polar surface area (TPSA) is 98.8 Å². The molecule has 0 aromatic heterocycles. The Morgan fingerprint density at radius 1 is 0.667 bits per heavy atom. The van der Waals surface area contributed by atoms with Gasteiger partial charge < -0.3 is 9.80 Å². The molecule has 120 valence electrons. The molecule has 0 radical (unpaired) electrons. The lowest BCUT2D eigenvalue weighted by molar-refractivity contribution is -0.128. The summed E-state index contributed by atoms with van der Waals surface area (Å²) in [7, 11) is 0. The third kappa shape index (κ3) is 6.73. The SMILES string of the molecule is CCN(CC)C(=O)NC(=O)CC(=O)NC(=O)N(CC)CC. The summed E-state index contributed by atoms with van der Waals surface area (Å²) in [6.45, 7) is 8.97. The van der Waals surface area contributed by atoms with Crippen molar-refractivity contribution in [3.05, 3.63) is 0 Å². The largest absolute Gasteiger partial charge is 0.325 e. The Morgan fingerprint density at radius 3 is 1.19 bits per heavy atom. The number of urea groups is 2. The second-order valence-corrected chi connectivity index (χ2v) is 4.23. The Labute approximate surface area is 124 Å². The minimum atomic E-state index is -0.739. The van der Waals surface area contributed by atoms with Crippen molar-refractivity contribution in [2.24, 2.45) is 0 Å². The molecule has 2 N–H and O–H groups in total. The predicted octanol–water partition coefficient (Wildman–Crippen LogP) is 0.533. The number of hydrogen-bond acceptors (Lipinski definition) is 4. The van der Waals surface area contributed by atoms with Gasteiger partial charge in [-0.05, 0) is 27.7 Å². The van der Waals surface area contributed by atoms with E-state index in [2.05, 4.69) is 10.6 Å². The van der Waals surface area contributed by atoms with Crippen LogP contribution in [0.15, 0.2) is 0 Å². The summed E-state index contributed by atoms with van der Waals surface area (Å²) >= 11 is 0. The standard InChI is InChI=1S/C13H24N4O4/c1-5-16(6-2)12(20)14-10(18)9-11(19)15-13(21)17(7-3)8-4/h5-9H2,1-4H3,(H,14,18,20)(H,15,19,21). The minimum absolute atomic E-state index is 0.461. The molecule has 8 heteroatoms. The molecule has 0 bridgehead atoms. The van der Waals surface area contributed by atoms with Gasteiger partial charge in [-0.15, -0.1) is 0 Å². The van der Waals surface area contributed by atoms with E-state index >= 15 is 0 Å². The number of hydrogen-bond donors (Lipinski definition) is 2. The lowest BCUT2D eigenvalue weighted by Crippen LogP contribution is -2.46. The van der Waals surface area contributed by atoms with Crippen LogP contribution >= 0.6 is 0 Å². The zero-order valence-corrected chi connectivity index (χ0v) is 13.1. The van der Waals surface area contributed by atoms with Crippen LogP contribution in [0.3, 0.4) is 0 Å². The molecule has 0 saturated carbocycles. The monoisotopic (exact) mass is 300 g/mol. The van der Waals surface area contributed by atoms with Crippen molar-refractivity contribution < 1.29 is 19.2 Å². The summed E-state index contributed by atoms with van der Waals surface area (Å²) in [6, 6.07) is -1.10. The molecular weight excluding hydrogens is 276 g/mol. The zero-order valence-electron chi connectivity index (χ0n) is 13.1. The first-order chi connectivity index (χ1) is 9.89. The zero-order chi connectivity index (χ0) is 16.4. The number of imide groups is 2. The first kappa shape index (κ1) is 18.9. The molecule has 0 rings (SSSR count). The Bertz CT molecular complexity index is 354. The number of rotatable bonds is 6. The molecule has 0 aliphatic heterocycles. The predicted molar refractivity (Wildman–Crippen MR) is 77.5 cm³/mol. The number of carbonyl (C=O) groups is 4. The number of nitrogens with zero attached hydrogens (tertiary/aromatic N) is 2. The van der Waals surface area contributed by atoms with Crippen molar-refractivity contribution in [2.75, 3.05) is 26.2 Å². The Kier molecular flexibility index (Phi) is 8.75. The fraction of sp³-hybridized carbons (Fsp3) is 0.692. The quantitative estimate of drug-likeness (QED) is 0.699. The van der Waals surface area contributed by atoms with Crippen molar-refractivity contribution in [1.29, 1.82) is 0 Å². The summed E-state index contributed by atoms with van der Waals surface area (Å²) in [6.07, 6.45) is -0.569. The van der Waals surface area contributed by atoms with E-state index in [4.69, 9.17) is 0 Å². The second kappa shape index (κ2) is 9.73. The average Bonchev–Trinajstić information content (AvgIpc) is 2.40. The van der Waals surface area contributed by atoms with Gasteiger partial charge in [0.15, 0.2) is 0 Å². The van der Waals surface area contributed by atoms with Gasteiger partial charge in [0.1, 0.15) is 6.42 Å². The van der Waals surface area contributed by atoms with Gasteiger partial charge in [-0.2, -0.15) is 0 Å². The molecule has 0 atom stereocenters. The van der Waals surface area contributed by atoms with Crippen LogP contribution in [0.4, 0.5) is 9.59 Å². The van der Waals surface area contributed by atoms with E-state index in [0.717, 1.165) is 0 Å². The van der Waals surface area contributed by atoms with Crippen LogP contribution in [-0.2, 0) is 9.59 Å². The van der Waals surface area contributed by atoms with Gasteiger partial charge in [0.2, 0.25) is 11.8 Å². The molecule has 0 aliphatic carbocycles. The molecule has 0 saturated heterocycles. The second-order valence-electron chi connectivity index (χ2n) is 4.23. The molecule has 8 nitrogen and oxygen atoms in total. The molecule has 0 heterocycles. The summed E-state index contributed by atoms with van der Waals surface area (Å²) in [4.78, 5) is 49.1. The van der Waals surface area contributed by atoms with Gasteiger partial charge >= 0.3 is 12.1 Å². The first-order valence-electron chi connectivity index (χ1n) is 7.06. The van der Waals surface area contributed by atoms with Crippen LogP contribution in [-0.4, -0.2) is 59.9 Å². The molecule has 0 unspecified atom stereocenters. The van der Waals surface area contributed by atoms with E-state index < -0.39 is 30.3 Å². The maximum atomic E-state index is 11.6. The Hall–Kier alpha value is -2.12.